The van der Waals surface area contributed by atoms with Crippen LogP contribution in [0, 0.1) is 0 Å². The summed E-state index contributed by atoms with van der Waals surface area (Å²) in [5, 5.41) is 3.55. The van der Waals surface area contributed by atoms with Gasteiger partial charge >= 0.3 is 0 Å². The third kappa shape index (κ3) is 6.07. The monoisotopic (exact) mass is 310 g/mol. The van der Waals surface area contributed by atoms with Gasteiger partial charge in [-0.25, -0.2) is 0 Å². The van der Waals surface area contributed by atoms with Gasteiger partial charge in [-0.3, -0.25) is 4.90 Å². The van der Waals surface area contributed by atoms with Gasteiger partial charge in [-0.1, -0.05) is 6.92 Å². The topological polar surface area (TPSA) is 24.5 Å². The summed E-state index contributed by atoms with van der Waals surface area (Å²) in [4.78, 5) is 5.39. The maximum atomic E-state index is 5.76. The van der Waals surface area contributed by atoms with Crippen LogP contribution < -0.4 is 5.32 Å². The second-order valence-corrected chi connectivity index (χ2v) is 8.19. The third-order valence-corrected chi connectivity index (χ3v) is 4.89. The lowest BCUT2D eigenvalue weighted by atomic mass is 10.1. The van der Waals surface area contributed by atoms with Gasteiger partial charge in [0.2, 0.25) is 0 Å². The van der Waals surface area contributed by atoms with E-state index < -0.39 is 0 Å². The molecular formula is C17H30N2OS. The first-order valence-corrected chi connectivity index (χ1v) is 8.94. The Labute approximate surface area is 133 Å². The van der Waals surface area contributed by atoms with E-state index in [0.717, 1.165) is 32.8 Å². The summed E-state index contributed by atoms with van der Waals surface area (Å²) >= 11 is 1.93. The first-order valence-electron chi connectivity index (χ1n) is 8.13. The minimum Gasteiger partial charge on any atom is -0.377 e. The highest BCUT2D eigenvalue weighted by Gasteiger charge is 2.19. The molecule has 0 saturated carbocycles. The molecule has 0 bridgehead atoms. The van der Waals surface area contributed by atoms with Crippen LogP contribution in [0.15, 0.2) is 12.1 Å². The van der Waals surface area contributed by atoms with Crippen molar-refractivity contribution in [1.82, 2.24) is 10.2 Å². The lowest BCUT2D eigenvalue weighted by Crippen LogP contribution is -2.34. The Balaban J connectivity index is 1.82. The maximum Gasteiger partial charge on any atom is 0.0702 e. The van der Waals surface area contributed by atoms with Crippen molar-refractivity contribution in [3.63, 3.8) is 0 Å². The van der Waals surface area contributed by atoms with Crippen molar-refractivity contribution in [2.45, 2.75) is 65.3 Å². The van der Waals surface area contributed by atoms with Gasteiger partial charge in [-0.05, 0) is 52.3 Å². The molecule has 0 spiro atoms. The summed E-state index contributed by atoms with van der Waals surface area (Å²) in [5.74, 6) is 0. The predicted octanol–water partition coefficient (Wildman–Crippen LogP) is 3.64. The van der Waals surface area contributed by atoms with Crippen molar-refractivity contribution in [2.75, 3.05) is 19.7 Å². The third-order valence-electron chi connectivity index (χ3n) is 3.82. The Morgan fingerprint density at radius 1 is 1.33 bits per heavy atom. The standard InChI is InChI=1S/C17H30N2OS/c1-5-19(12-14-7-6-10-20-14)13-16-9-8-15(21-16)11-18-17(2,3)4/h8-9,14,18H,5-7,10-13H2,1-4H3. The average molecular weight is 311 g/mol. The molecule has 1 saturated heterocycles. The summed E-state index contributed by atoms with van der Waals surface area (Å²) < 4.78 is 5.76. The molecule has 3 nitrogen and oxygen atoms in total. The lowest BCUT2D eigenvalue weighted by molar-refractivity contribution is 0.0728. The summed E-state index contributed by atoms with van der Waals surface area (Å²) in [7, 11) is 0. The summed E-state index contributed by atoms with van der Waals surface area (Å²) in [5.41, 5.74) is 0.180. The molecule has 1 aliphatic rings. The fourth-order valence-electron chi connectivity index (χ4n) is 2.56. The molecule has 120 valence electrons. The number of thiophene rings is 1. The molecule has 0 aliphatic carbocycles. The Hall–Kier alpha value is -0.420. The molecule has 1 N–H and O–H groups in total. The van der Waals surface area contributed by atoms with Crippen LogP contribution in [0.4, 0.5) is 0 Å². The molecule has 1 atom stereocenters. The normalized spacial score (nSPS) is 19.6. The molecule has 1 aromatic heterocycles. The van der Waals surface area contributed by atoms with E-state index >= 15 is 0 Å². The Morgan fingerprint density at radius 2 is 2.10 bits per heavy atom. The van der Waals surface area contributed by atoms with Crippen LogP contribution in [0.5, 0.6) is 0 Å². The SMILES string of the molecule is CCN(Cc1ccc(CNC(C)(C)C)s1)CC1CCCO1. The molecule has 1 unspecified atom stereocenters. The van der Waals surface area contributed by atoms with E-state index in [1.54, 1.807) is 0 Å². The average Bonchev–Trinajstić information content (AvgIpc) is 3.06. The van der Waals surface area contributed by atoms with E-state index in [4.69, 9.17) is 4.74 Å². The number of likely N-dealkylation sites (N-methyl/N-ethyl adjacent to an activating group) is 1. The zero-order valence-electron chi connectivity index (χ0n) is 13.9. The molecule has 0 aromatic carbocycles. The van der Waals surface area contributed by atoms with Crippen molar-refractivity contribution < 1.29 is 4.74 Å². The Morgan fingerprint density at radius 3 is 2.71 bits per heavy atom. The van der Waals surface area contributed by atoms with Crippen LogP contribution in [-0.2, 0) is 17.8 Å². The fraction of sp³-hybridized carbons (Fsp3) is 0.765. The van der Waals surface area contributed by atoms with E-state index in [9.17, 15) is 0 Å². The van der Waals surface area contributed by atoms with E-state index in [1.165, 1.54) is 22.6 Å². The number of ether oxygens (including phenoxy) is 1. The highest BCUT2D eigenvalue weighted by molar-refractivity contribution is 7.11. The van der Waals surface area contributed by atoms with Crippen molar-refractivity contribution in [1.29, 1.82) is 0 Å². The molecular weight excluding hydrogens is 280 g/mol. The van der Waals surface area contributed by atoms with Crippen LogP contribution in [-0.4, -0.2) is 36.2 Å². The van der Waals surface area contributed by atoms with Crippen LogP contribution in [0.1, 0.15) is 50.3 Å². The quantitative estimate of drug-likeness (QED) is 0.832. The van der Waals surface area contributed by atoms with Crippen LogP contribution >= 0.6 is 11.3 Å². The van der Waals surface area contributed by atoms with E-state index in [1.807, 2.05) is 11.3 Å². The van der Waals surface area contributed by atoms with Crippen LogP contribution in [0.25, 0.3) is 0 Å². The van der Waals surface area contributed by atoms with E-state index in [-0.39, 0.29) is 5.54 Å². The minimum atomic E-state index is 0.180. The highest BCUT2D eigenvalue weighted by atomic mass is 32.1. The van der Waals surface area contributed by atoms with Gasteiger partial charge in [0.05, 0.1) is 6.10 Å². The van der Waals surface area contributed by atoms with Gasteiger partial charge in [-0.15, -0.1) is 11.3 Å². The maximum absolute atomic E-state index is 5.76. The molecule has 2 heterocycles. The Kier molecular flexibility index (Phi) is 6.23. The van der Waals surface area contributed by atoms with Gasteiger partial charge < -0.3 is 10.1 Å². The highest BCUT2D eigenvalue weighted by Crippen LogP contribution is 2.20. The van der Waals surface area contributed by atoms with Crippen LogP contribution in [0.3, 0.4) is 0 Å². The van der Waals surface area contributed by atoms with Gasteiger partial charge in [-0.2, -0.15) is 0 Å². The molecule has 1 aliphatic heterocycles. The molecule has 1 fully saturated rings. The second kappa shape index (κ2) is 7.73. The van der Waals surface area contributed by atoms with Gasteiger partial charge in [0.25, 0.3) is 0 Å². The van der Waals surface area contributed by atoms with Crippen molar-refractivity contribution in [3.8, 4) is 0 Å². The van der Waals surface area contributed by atoms with Gasteiger partial charge in [0.1, 0.15) is 0 Å². The van der Waals surface area contributed by atoms with E-state index in [2.05, 4.69) is 50.0 Å². The number of hydrogen-bond donors (Lipinski definition) is 1. The molecule has 1 aromatic rings. The minimum absolute atomic E-state index is 0.180. The molecule has 2 rings (SSSR count). The molecule has 4 heteroatoms. The van der Waals surface area contributed by atoms with Gasteiger partial charge in [0.15, 0.2) is 0 Å². The fourth-order valence-corrected chi connectivity index (χ4v) is 3.56. The first kappa shape index (κ1) is 16.9. The number of nitrogens with zero attached hydrogens (tertiary/aromatic N) is 1. The lowest BCUT2D eigenvalue weighted by Gasteiger charge is -2.23. The molecule has 21 heavy (non-hydrogen) atoms. The number of hydrogen-bond acceptors (Lipinski definition) is 4. The first-order chi connectivity index (χ1) is 9.96. The zero-order valence-corrected chi connectivity index (χ0v) is 14.8. The molecule has 0 amide bonds. The summed E-state index contributed by atoms with van der Waals surface area (Å²) in [6.07, 6.45) is 2.90. The van der Waals surface area contributed by atoms with E-state index in [0.29, 0.717) is 6.10 Å². The van der Waals surface area contributed by atoms with Crippen molar-refractivity contribution in [3.05, 3.63) is 21.9 Å². The van der Waals surface area contributed by atoms with Crippen molar-refractivity contribution in [2.24, 2.45) is 0 Å². The largest absolute Gasteiger partial charge is 0.377 e. The Bertz CT molecular complexity index is 419. The summed E-state index contributed by atoms with van der Waals surface area (Å²) in [6, 6.07) is 4.54. The smallest absolute Gasteiger partial charge is 0.0702 e. The predicted molar refractivity (Wildman–Crippen MR) is 90.8 cm³/mol. The zero-order chi connectivity index (χ0) is 15.3. The van der Waals surface area contributed by atoms with Crippen LogP contribution in [0.2, 0.25) is 0 Å². The molecule has 0 radical (unpaired) electrons. The summed E-state index contributed by atoms with van der Waals surface area (Å²) in [6.45, 7) is 14.0. The number of nitrogens with one attached hydrogen (secondary N) is 1. The van der Waals surface area contributed by atoms with Crippen molar-refractivity contribution >= 4 is 11.3 Å². The second-order valence-electron chi connectivity index (χ2n) is 6.93. The number of rotatable bonds is 7. The van der Waals surface area contributed by atoms with Gasteiger partial charge in [0, 0.05) is 41.5 Å².